The molecule has 22 heavy (non-hydrogen) atoms. The fourth-order valence-electron chi connectivity index (χ4n) is 1.97. The average Bonchev–Trinajstić information content (AvgIpc) is 2.47. The van der Waals surface area contributed by atoms with Gasteiger partial charge in [0, 0.05) is 0 Å². The van der Waals surface area contributed by atoms with Gasteiger partial charge < -0.3 is 15.6 Å². The molecule has 108 valence electrons. The van der Waals surface area contributed by atoms with Gasteiger partial charge in [-0.05, 0) is 36.6 Å². The van der Waals surface area contributed by atoms with Crippen molar-refractivity contribution in [3.8, 4) is 0 Å². The number of aliphatic carboxylic acids is 1. The number of benzene rings is 2. The normalized spacial score (nSPS) is 12.9. The van der Waals surface area contributed by atoms with Crippen LogP contribution in [0.4, 0.5) is 0 Å². The third-order valence-electron chi connectivity index (χ3n) is 3.46. The Balaban J connectivity index is 0.00000242. The summed E-state index contributed by atoms with van der Waals surface area (Å²) >= 11 is 5.47. The number of carboxylic acid groups (broad SMARTS) is 1. The fourth-order valence-corrected chi connectivity index (χ4v) is 2.24. The van der Waals surface area contributed by atoms with Crippen LogP contribution in [-0.4, -0.2) is 10.8 Å². The van der Waals surface area contributed by atoms with E-state index in [1.165, 1.54) is 6.92 Å². The first kappa shape index (κ1) is 19.0. The second kappa shape index (κ2) is 7.49. The summed E-state index contributed by atoms with van der Waals surface area (Å²) in [4.78, 5) is 11.8. The minimum absolute atomic E-state index is 0. The van der Waals surface area contributed by atoms with E-state index in [0.717, 1.165) is 16.7 Å². The van der Waals surface area contributed by atoms with Crippen LogP contribution in [0.5, 0.6) is 0 Å². The molecule has 1 atom stereocenters. The predicted octanol–water partition coefficient (Wildman–Crippen LogP) is -1.31. The van der Waals surface area contributed by atoms with E-state index in [1.54, 1.807) is 18.2 Å². The number of carboxylic acids is 1. The van der Waals surface area contributed by atoms with Gasteiger partial charge in [-0.1, -0.05) is 60.2 Å². The van der Waals surface area contributed by atoms with Crippen molar-refractivity contribution in [2.75, 3.05) is 0 Å². The molecule has 0 radical (unpaired) electrons. The van der Waals surface area contributed by atoms with Gasteiger partial charge in [0.15, 0.2) is 0 Å². The first-order chi connectivity index (χ1) is 9.82. The molecule has 2 aromatic carbocycles. The zero-order valence-corrected chi connectivity index (χ0v) is 15.7. The summed E-state index contributed by atoms with van der Waals surface area (Å²) < 4.78 is 0. The molecular formula is C17H16NNaO2S. The van der Waals surface area contributed by atoms with Gasteiger partial charge in [-0.3, -0.25) is 0 Å². The molecule has 0 aliphatic carbocycles. The summed E-state index contributed by atoms with van der Waals surface area (Å²) in [5, 5.41) is 11.1. The van der Waals surface area contributed by atoms with E-state index in [9.17, 15) is 9.90 Å². The summed E-state index contributed by atoms with van der Waals surface area (Å²) in [7, 11) is 0. The molecule has 3 nitrogen and oxygen atoms in total. The van der Waals surface area contributed by atoms with Gasteiger partial charge in [0.25, 0.3) is 0 Å². The molecular weight excluding hydrogens is 305 g/mol. The van der Waals surface area contributed by atoms with Crippen molar-refractivity contribution in [1.82, 2.24) is 0 Å². The number of nitrogens with two attached hydrogens (primary N) is 1. The molecule has 2 rings (SSSR count). The Kier molecular flexibility index (Phi) is 6.47. The smallest absolute Gasteiger partial charge is 0.548 e. The minimum Gasteiger partial charge on any atom is -0.548 e. The monoisotopic (exact) mass is 321 g/mol. The fraction of sp³-hybridized carbons (Fsp3) is 0.176. The van der Waals surface area contributed by atoms with E-state index in [4.69, 9.17) is 18.0 Å². The minimum atomic E-state index is -1.54. The maximum absolute atomic E-state index is 11.1. The van der Waals surface area contributed by atoms with Crippen LogP contribution < -0.4 is 40.4 Å². The van der Waals surface area contributed by atoms with Gasteiger partial charge in [0.1, 0.15) is 0 Å². The Morgan fingerprint density at radius 3 is 2.27 bits per heavy atom. The molecule has 0 saturated carbocycles. The maximum Gasteiger partial charge on any atom is 1.00 e. The predicted molar refractivity (Wildman–Crippen MR) is 85.0 cm³/mol. The maximum atomic E-state index is 11.1. The second-order valence-corrected chi connectivity index (χ2v) is 5.67. The van der Waals surface area contributed by atoms with Crippen LogP contribution in [0, 0.1) is 6.92 Å². The zero-order valence-electron chi connectivity index (χ0n) is 12.9. The van der Waals surface area contributed by atoms with Crippen molar-refractivity contribution in [1.29, 1.82) is 0 Å². The molecule has 0 spiro atoms. The second-order valence-electron chi connectivity index (χ2n) is 5.27. The number of carbonyl (C=O) groups is 1. The molecule has 2 N–H and O–H groups in total. The molecule has 1 unspecified atom stereocenters. The Bertz CT molecular complexity index is 696. The quantitative estimate of drug-likeness (QED) is 0.431. The van der Waals surface area contributed by atoms with Gasteiger partial charge in [0.05, 0.1) is 16.4 Å². The average molecular weight is 321 g/mol. The topological polar surface area (TPSA) is 66.2 Å². The SMILES string of the molecule is Cc1ccc(C(=S)c2cccc(C(C)(N)C(=O)[O-])c2)cc1.[Na+]. The third-order valence-corrected chi connectivity index (χ3v) is 3.93. The van der Waals surface area contributed by atoms with Crippen LogP contribution in [0.25, 0.3) is 0 Å². The first-order valence-corrected chi connectivity index (χ1v) is 6.95. The van der Waals surface area contributed by atoms with E-state index in [2.05, 4.69) is 0 Å². The Morgan fingerprint density at radius 2 is 1.73 bits per heavy atom. The number of thiocarbonyl (C=S) groups is 1. The summed E-state index contributed by atoms with van der Waals surface area (Å²) in [5.74, 6) is -1.32. The van der Waals surface area contributed by atoms with Crippen molar-refractivity contribution in [2.24, 2.45) is 5.73 Å². The number of hydrogen-bond acceptors (Lipinski definition) is 4. The Morgan fingerprint density at radius 1 is 1.14 bits per heavy atom. The van der Waals surface area contributed by atoms with Crippen LogP contribution in [0.15, 0.2) is 48.5 Å². The van der Waals surface area contributed by atoms with Gasteiger partial charge >= 0.3 is 29.6 Å². The van der Waals surface area contributed by atoms with E-state index in [1.807, 2.05) is 37.3 Å². The van der Waals surface area contributed by atoms with Crippen molar-refractivity contribution < 1.29 is 39.5 Å². The van der Waals surface area contributed by atoms with Gasteiger partial charge in [-0.15, -0.1) is 0 Å². The molecule has 0 amide bonds. The van der Waals surface area contributed by atoms with E-state index < -0.39 is 11.5 Å². The Hall–Kier alpha value is -1.04. The summed E-state index contributed by atoms with van der Waals surface area (Å²) in [6, 6.07) is 14.8. The van der Waals surface area contributed by atoms with E-state index in [-0.39, 0.29) is 29.6 Å². The number of carbonyl (C=O) groups excluding carboxylic acids is 1. The van der Waals surface area contributed by atoms with Crippen molar-refractivity contribution >= 4 is 23.1 Å². The number of rotatable bonds is 4. The third kappa shape index (κ3) is 4.03. The summed E-state index contributed by atoms with van der Waals surface area (Å²) in [6.45, 7) is 3.42. The van der Waals surface area contributed by atoms with Crippen molar-refractivity contribution in [2.45, 2.75) is 19.4 Å². The van der Waals surface area contributed by atoms with E-state index in [0.29, 0.717) is 10.4 Å². The molecule has 0 aliphatic rings. The molecule has 2 aromatic rings. The molecule has 0 aliphatic heterocycles. The van der Waals surface area contributed by atoms with E-state index >= 15 is 0 Å². The standard InChI is InChI=1S/C17H17NO2S.Na/c1-11-6-8-12(9-7-11)15(21)13-4-3-5-14(10-13)17(2,18)16(19)20;/h3-10H,18H2,1-2H3,(H,19,20);/q;+1/p-1. The van der Waals surface area contributed by atoms with Crippen LogP contribution in [0.2, 0.25) is 0 Å². The molecule has 0 aromatic heterocycles. The van der Waals surface area contributed by atoms with Crippen LogP contribution in [0.1, 0.15) is 29.2 Å². The molecule has 0 heterocycles. The van der Waals surface area contributed by atoms with Crippen molar-refractivity contribution in [3.05, 3.63) is 70.8 Å². The van der Waals surface area contributed by atoms with Crippen molar-refractivity contribution in [3.63, 3.8) is 0 Å². The van der Waals surface area contributed by atoms with Crippen LogP contribution in [-0.2, 0) is 10.3 Å². The van der Waals surface area contributed by atoms with Gasteiger partial charge in [-0.25, -0.2) is 0 Å². The molecule has 0 fully saturated rings. The Labute approximate surface area is 157 Å². The number of hydrogen-bond donors (Lipinski definition) is 1. The number of aryl methyl sites for hydroxylation is 1. The zero-order chi connectivity index (χ0) is 15.6. The summed E-state index contributed by atoms with van der Waals surface area (Å²) in [5.41, 5.74) is 7.57. The van der Waals surface area contributed by atoms with Gasteiger partial charge in [0.2, 0.25) is 0 Å². The summed E-state index contributed by atoms with van der Waals surface area (Å²) in [6.07, 6.45) is 0. The molecule has 0 saturated heterocycles. The van der Waals surface area contributed by atoms with Crippen LogP contribution >= 0.6 is 12.2 Å². The van der Waals surface area contributed by atoms with Gasteiger partial charge in [-0.2, -0.15) is 0 Å². The largest absolute Gasteiger partial charge is 1.00 e. The first-order valence-electron chi connectivity index (χ1n) is 6.54. The molecule has 5 heteroatoms. The molecule has 0 bridgehead atoms. The van der Waals surface area contributed by atoms with Crippen LogP contribution in [0.3, 0.4) is 0 Å².